The van der Waals surface area contributed by atoms with E-state index in [4.69, 9.17) is 0 Å². The second-order valence-electron chi connectivity index (χ2n) is 8.84. The van der Waals surface area contributed by atoms with Gasteiger partial charge in [-0.2, -0.15) is 5.01 Å². The fourth-order valence-electron chi connectivity index (χ4n) is 4.48. The van der Waals surface area contributed by atoms with Crippen molar-refractivity contribution in [2.24, 2.45) is 0 Å². The van der Waals surface area contributed by atoms with E-state index in [0.717, 1.165) is 5.01 Å². The van der Waals surface area contributed by atoms with E-state index in [1.165, 1.54) is 18.2 Å². The lowest BCUT2D eigenvalue weighted by Crippen LogP contribution is -2.54. The number of hydrogen-bond acceptors (Lipinski definition) is 6. The number of carbonyl (C=O) groups excluding carboxylic acids is 4. The molecule has 3 N–H and O–H groups in total. The summed E-state index contributed by atoms with van der Waals surface area (Å²) in [6.07, 6.45) is 0.336. The van der Waals surface area contributed by atoms with Gasteiger partial charge in [-0.15, -0.1) is 0 Å². The van der Waals surface area contributed by atoms with Gasteiger partial charge < -0.3 is 10.6 Å². The van der Waals surface area contributed by atoms with Crippen LogP contribution in [0.25, 0.3) is 0 Å². The molecular formula is C25H29FN6O4. The first-order chi connectivity index (χ1) is 17.3. The van der Waals surface area contributed by atoms with Crippen molar-refractivity contribution in [3.63, 3.8) is 0 Å². The van der Waals surface area contributed by atoms with Crippen LogP contribution in [0.1, 0.15) is 18.9 Å². The van der Waals surface area contributed by atoms with Crippen molar-refractivity contribution in [3.8, 4) is 0 Å². The normalized spacial score (nSPS) is 20.8. The molecule has 2 fully saturated rings. The van der Waals surface area contributed by atoms with Gasteiger partial charge >= 0.3 is 6.03 Å². The Hall–Kier alpha value is -3.83. The SMILES string of the molecule is CCC1(c2ccccc2)NC(=O)N(NC(=O)CN2CCN(CC(=O)Nc3cccc(F)c3)CC2)C1=O. The summed E-state index contributed by atoms with van der Waals surface area (Å²) in [5, 5.41) is 6.16. The summed E-state index contributed by atoms with van der Waals surface area (Å²) in [5.41, 5.74) is 2.27. The molecule has 2 saturated heterocycles. The van der Waals surface area contributed by atoms with Crippen molar-refractivity contribution in [1.29, 1.82) is 0 Å². The van der Waals surface area contributed by atoms with E-state index in [-0.39, 0.29) is 19.0 Å². The Bertz CT molecular complexity index is 1140. The molecule has 10 nitrogen and oxygen atoms in total. The van der Waals surface area contributed by atoms with Crippen molar-refractivity contribution in [3.05, 3.63) is 66.0 Å². The van der Waals surface area contributed by atoms with Crippen LogP contribution in [0.3, 0.4) is 0 Å². The van der Waals surface area contributed by atoms with Gasteiger partial charge in [0.15, 0.2) is 0 Å². The zero-order chi connectivity index (χ0) is 25.7. The van der Waals surface area contributed by atoms with Crippen LogP contribution in [0.2, 0.25) is 0 Å². The highest BCUT2D eigenvalue weighted by atomic mass is 19.1. The van der Waals surface area contributed by atoms with E-state index in [2.05, 4.69) is 16.1 Å². The molecule has 36 heavy (non-hydrogen) atoms. The fourth-order valence-corrected chi connectivity index (χ4v) is 4.48. The van der Waals surface area contributed by atoms with Crippen LogP contribution in [0, 0.1) is 5.82 Å². The number of carbonyl (C=O) groups is 4. The zero-order valence-corrected chi connectivity index (χ0v) is 20.0. The second kappa shape index (κ2) is 10.8. The van der Waals surface area contributed by atoms with Gasteiger partial charge in [0.05, 0.1) is 13.1 Å². The minimum absolute atomic E-state index is 0.00481. The molecular weight excluding hydrogens is 467 g/mol. The van der Waals surface area contributed by atoms with Crippen molar-refractivity contribution < 1.29 is 23.6 Å². The zero-order valence-electron chi connectivity index (χ0n) is 20.0. The molecule has 0 aliphatic carbocycles. The molecule has 2 aliphatic heterocycles. The Labute approximate surface area is 208 Å². The predicted octanol–water partition coefficient (Wildman–Crippen LogP) is 1.27. The molecule has 2 heterocycles. The Balaban J connectivity index is 1.25. The number of piperazine rings is 1. The van der Waals surface area contributed by atoms with Gasteiger partial charge in [0.2, 0.25) is 5.91 Å². The van der Waals surface area contributed by atoms with E-state index in [1.54, 1.807) is 37.3 Å². The minimum atomic E-state index is -1.22. The number of halogens is 1. The highest BCUT2D eigenvalue weighted by Gasteiger charge is 2.52. The molecule has 190 valence electrons. The van der Waals surface area contributed by atoms with E-state index >= 15 is 0 Å². The van der Waals surface area contributed by atoms with Gasteiger partial charge in [-0.25, -0.2) is 9.18 Å². The van der Waals surface area contributed by atoms with Crippen LogP contribution in [0.15, 0.2) is 54.6 Å². The number of rotatable bonds is 8. The number of nitrogens with zero attached hydrogens (tertiary/aromatic N) is 3. The van der Waals surface area contributed by atoms with Gasteiger partial charge in [-0.05, 0) is 30.2 Å². The maximum absolute atomic E-state index is 13.3. The van der Waals surface area contributed by atoms with Crippen molar-refractivity contribution in [2.75, 3.05) is 44.6 Å². The molecule has 0 bridgehead atoms. The Kier molecular flexibility index (Phi) is 7.61. The standard InChI is InChI=1S/C25H29FN6O4/c1-2-25(18-7-4-3-5-8-18)23(35)32(24(36)28-25)29-22(34)17-31-13-11-30(12-14-31)16-21(33)27-20-10-6-9-19(26)15-20/h3-10,15H,2,11-14,16-17H2,1H3,(H,27,33)(H,28,36)(H,29,34). The first-order valence-electron chi connectivity index (χ1n) is 11.8. The summed E-state index contributed by atoms with van der Waals surface area (Å²) in [6, 6.07) is 14.0. The Morgan fingerprint density at radius 2 is 1.58 bits per heavy atom. The summed E-state index contributed by atoms with van der Waals surface area (Å²) in [6.45, 7) is 4.13. The largest absolute Gasteiger partial charge is 0.344 e. The number of imide groups is 1. The van der Waals surface area contributed by atoms with Gasteiger partial charge in [0, 0.05) is 31.9 Å². The maximum atomic E-state index is 13.3. The second-order valence-corrected chi connectivity index (χ2v) is 8.84. The van der Waals surface area contributed by atoms with Gasteiger partial charge in [0.1, 0.15) is 11.4 Å². The molecule has 2 aromatic carbocycles. The quantitative estimate of drug-likeness (QED) is 0.475. The van der Waals surface area contributed by atoms with Gasteiger partial charge in [0.25, 0.3) is 11.8 Å². The molecule has 2 aliphatic rings. The third-order valence-electron chi connectivity index (χ3n) is 6.43. The monoisotopic (exact) mass is 496 g/mol. The number of benzene rings is 2. The molecule has 0 spiro atoms. The number of amides is 5. The first-order valence-corrected chi connectivity index (χ1v) is 11.8. The summed E-state index contributed by atoms with van der Waals surface area (Å²) < 4.78 is 13.3. The molecule has 0 saturated carbocycles. The molecule has 4 rings (SSSR count). The highest BCUT2D eigenvalue weighted by Crippen LogP contribution is 2.31. The minimum Gasteiger partial charge on any atom is -0.325 e. The lowest BCUT2D eigenvalue weighted by Gasteiger charge is -2.34. The van der Waals surface area contributed by atoms with Crippen LogP contribution < -0.4 is 16.1 Å². The summed E-state index contributed by atoms with van der Waals surface area (Å²) in [4.78, 5) is 54.4. The molecule has 0 radical (unpaired) electrons. The molecule has 11 heteroatoms. The van der Waals surface area contributed by atoms with Gasteiger partial charge in [-0.3, -0.25) is 29.6 Å². The third kappa shape index (κ3) is 5.52. The van der Waals surface area contributed by atoms with Gasteiger partial charge in [-0.1, -0.05) is 43.3 Å². The number of nitrogens with one attached hydrogen (secondary N) is 3. The molecule has 2 aromatic rings. The predicted molar refractivity (Wildman–Crippen MR) is 130 cm³/mol. The average Bonchev–Trinajstić information content (AvgIpc) is 3.11. The van der Waals surface area contributed by atoms with Crippen molar-refractivity contribution in [1.82, 2.24) is 25.6 Å². The summed E-state index contributed by atoms with van der Waals surface area (Å²) in [7, 11) is 0. The third-order valence-corrected chi connectivity index (χ3v) is 6.43. The molecule has 1 atom stereocenters. The van der Waals surface area contributed by atoms with Crippen LogP contribution in [-0.2, 0) is 19.9 Å². The Morgan fingerprint density at radius 1 is 0.944 bits per heavy atom. The smallest absolute Gasteiger partial charge is 0.325 e. The molecule has 5 amide bonds. The first kappa shape index (κ1) is 25.3. The number of hydrogen-bond donors (Lipinski definition) is 3. The highest BCUT2D eigenvalue weighted by molar-refractivity contribution is 6.08. The number of urea groups is 1. The van der Waals surface area contributed by atoms with Crippen molar-refractivity contribution >= 4 is 29.4 Å². The van der Waals surface area contributed by atoms with E-state index in [1.807, 2.05) is 15.9 Å². The van der Waals surface area contributed by atoms with Crippen LogP contribution >= 0.6 is 0 Å². The van der Waals surface area contributed by atoms with Crippen LogP contribution in [0.4, 0.5) is 14.9 Å². The van der Waals surface area contributed by atoms with Crippen molar-refractivity contribution in [2.45, 2.75) is 18.9 Å². The number of hydrazine groups is 1. The maximum Gasteiger partial charge on any atom is 0.344 e. The molecule has 1 unspecified atom stereocenters. The topological polar surface area (TPSA) is 114 Å². The fraction of sp³-hybridized carbons (Fsp3) is 0.360. The summed E-state index contributed by atoms with van der Waals surface area (Å²) in [5.74, 6) is -1.67. The number of anilines is 1. The van der Waals surface area contributed by atoms with E-state index < -0.39 is 29.2 Å². The van der Waals surface area contributed by atoms with Crippen LogP contribution in [0.5, 0.6) is 0 Å². The van der Waals surface area contributed by atoms with E-state index in [0.29, 0.717) is 43.9 Å². The lowest BCUT2D eigenvalue weighted by molar-refractivity contribution is -0.140. The average molecular weight is 497 g/mol. The lowest BCUT2D eigenvalue weighted by atomic mass is 9.87. The van der Waals surface area contributed by atoms with Crippen LogP contribution in [-0.4, -0.2) is 77.8 Å². The summed E-state index contributed by atoms with van der Waals surface area (Å²) >= 11 is 0. The molecule has 0 aromatic heterocycles. The van der Waals surface area contributed by atoms with E-state index in [9.17, 15) is 23.6 Å². The Morgan fingerprint density at radius 3 is 2.19 bits per heavy atom.